The lowest BCUT2D eigenvalue weighted by molar-refractivity contribution is -0.137. The van der Waals surface area contributed by atoms with Crippen molar-refractivity contribution in [2.75, 3.05) is 11.1 Å². The fraction of sp³-hybridized carbons (Fsp3) is 0.381. The summed E-state index contributed by atoms with van der Waals surface area (Å²) in [6.07, 6.45) is 5.57. The average molecular weight is 373 g/mol. The molecule has 2 N–H and O–H groups in total. The molecule has 0 saturated heterocycles. The summed E-state index contributed by atoms with van der Waals surface area (Å²) >= 11 is 1.37. The molecule has 0 radical (unpaired) electrons. The number of benzene rings is 2. The van der Waals surface area contributed by atoms with E-state index in [1.165, 1.54) is 37.4 Å². The molecule has 1 aliphatic rings. The number of halogens is 1. The van der Waals surface area contributed by atoms with E-state index in [4.69, 9.17) is 5.11 Å². The molecular formula is C21H24FNO2S. The molecule has 3 nitrogen and oxygen atoms in total. The van der Waals surface area contributed by atoms with Crippen molar-refractivity contribution in [3.8, 4) is 11.1 Å². The lowest BCUT2D eigenvalue weighted by Gasteiger charge is -2.17. The molecule has 0 atom stereocenters. The molecule has 0 aliphatic heterocycles. The Labute approximate surface area is 158 Å². The van der Waals surface area contributed by atoms with Crippen LogP contribution in [0.15, 0.2) is 47.4 Å². The van der Waals surface area contributed by atoms with Crippen molar-refractivity contribution < 1.29 is 14.3 Å². The lowest BCUT2D eigenvalue weighted by atomic mass is 10.0. The van der Waals surface area contributed by atoms with Crippen molar-refractivity contribution in [1.29, 1.82) is 0 Å². The highest BCUT2D eigenvalue weighted by molar-refractivity contribution is 7.99. The molecule has 1 fully saturated rings. The van der Waals surface area contributed by atoms with Gasteiger partial charge < -0.3 is 10.4 Å². The van der Waals surface area contributed by atoms with Gasteiger partial charge in [0.15, 0.2) is 0 Å². The highest BCUT2D eigenvalue weighted by Crippen LogP contribution is 2.33. The Hall–Kier alpha value is -2.01. The van der Waals surface area contributed by atoms with Gasteiger partial charge in [0.25, 0.3) is 0 Å². The third kappa shape index (κ3) is 5.01. The maximum absolute atomic E-state index is 14.5. The fourth-order valence-electron chi connectivity index (χ4n) is 3.34. The van der Waals surface area contributed by atoms with Gasteiger partial charge in [-0.1, -0.05) is 37.1 Å². The van der Waals surface area contributed by atoms with Crippen molar-refractivity contribution in [3.05, 3.63) is 48.3 Å². The van der Waals surface area contributed by atoms with Gasteiger partial charge in [-0.15, -0.1) is 11.8 Å². The predicted molar refractivity (Wildman–Crippen MR) is 105 cm³/mol. The average Bonchev–Trinajstić information content (AvgIpc) is 3.13. The Morgan fingerprint density at radius 2 is 1.96 bits per heavy atom. The summed E-state index contributed by atoms with van der Waals surface area (Å²) in [7, 11) is 0. The van der Waals surface area contributed by atoms with Crippen LogP contribution in [0.25, 0.3) is 11.1 Å². The monoisotopic (exact) mass is 373 g/mol. The molecular weight excluding hydrogens is 349 g/mol. The molecule has 0 aromatic heterocycles. The normalized spacial score (nSPS) is 14.5. The summed E-state index contributed by atoms with van der Waals surface area (Å²) in [4.78, 5) is 11.1. The molecule has 2 aromatic carbocycles. The Kier molecular flexibility index (Phi) is 6.56. The largest absolute Gasteiger partial charge is 0.481 e. The topological polar surface area (TPSA) is 49.3 Å². The van der Waals surface area contributed by atoms with E-state index in [9.17, 15) is 9.18 Å². The number of aliphatic carboxylic acids is 1. The van der Waals surface area contributed by atoms with Crippen LogP contribution in [0.3, 0.4) is 0 Å². The van der Waals surface area contributed by atoms with E-state index >= 15 is 0 Å². The minimum absolute atomic E-state index is 0.118. The highest BCUT2D eigenvalue weighted by Gasteiger charge is 2.16. The summed E-state index contributed by atoms with van der Waals surface area (Å²) in [6, 6.07) is 13.9. The van der Waals surface area contributed by atoms with Gasteiger partial charge in [0.2, 0.25) is 0 Å². The Morgan fingerprint density at radius 3 is 2.69 bits per heavy atom. The number of carboxylic acids is 1. The number of thioether (sulfide) groups is 1. The first-order valence-corrected chi connectivity index (χ1v) is 10.1. The molecule has 26 heavy (non-hydrogen) atoms. The zero-order valence-electron chi connectivity index (χ0n) is 14.7. The highest BCUT2D eigenvalue weighted by atomic mass is 32.2. The zero-order valence-corrected chi connectivity index (χ0v) is 15.5. The van der Waals surface area contributed by atoms with E-state index < -0.39 is 5.97 Å². The number of nitrogens with one attached hydrogen (secondary N) is 1. The number of carboxylic acid groups (broad SMARTS) is 1. The summed E-state index contributed by atoms with van der Waals surface area (Å²) in [5, 5.41) is 12.3. The minimum Gasteiger partial charge on any atom is -0.481 e. The maximum Gasteiger partial charge on any atom is 0.303 e. The van der Waals surface area contributed by atoms with E-state index in [0.717, 1.165) is 16.8 Å². The number of para-hydroxylation sites is 1. The quantitative estimate of drug-likeness (QED) is 0.453. The Balaban J connectivity index is 1.71. The molecule has 0 bridgehead atoms. The number of rotatable bonds is 8. The first-order valence-electron chi connectivity index (χ1n) is 9.13. The third-order valence-electron chi connectivity index (χ3n) is 4.68. The second-order valence-corrected chi connectivity index (χ2v) is 7.80. The zero-order chi connectivity index (χ0) is 18.4. The van der Waals surface area contributed by atoms with Gasteiger partial charge in [0.1, 0.15) is 5.82 Å². The number of hydrogen-bond donors (Lipinski definition) is 2. The van der Waals surface area contributed by atoms with Gasteiger partial charge >= 0.3 is 5.97 Å². The summed E-state index contributed by atoms with van der Waals surface area (Å²) in [5.41, 5.74) is 2.93. The van der Waals surface area contributed by atoms with Crippen LogP contribution in [0.5, 0.6) is 0 Å². The van der Waals surface area contributed by atoms with Crippen LogP contribution in [-0.2, 0) is 4.79 Å². The SMILES string of the molecule is O=C(O)CCCSc1ccc(-c2ccccc2NC2CCCC2)cc1F. The molecule has 138 valence electrons. The van der Waals surface area contributed by atoms with Crippen LogP contribution in [-0.4, -0.2) is 22.9 Å². The van der Waals surface area contributed by atoms with Gasteiger partial charge in [-0.25, -0.2) is 4.39 Å². The smallest absolute Gasteiger partial charge is 0.303 e. The molecule has 3 rings (SSSR count). The molecule has 0 spiro atoms. The number of carbonyl (C=O) groups is 1. The van der Waals surface area contributed by atoms with E-state index in [1.54, 1.807) is 12.1 Å². The van der Waals surface area contributed by atoms with Crippen molar-refractivity contribution >= 4 is 23.4 Å². The van der Waals surface area contributed by atoms with Crippen LogP contribution >= 0.6 is 11.8 Å². The van der Waals surface area contributed by atoms with Crippen molar-refractivity contribution in [1.82, 2.24) is 0 Å². The van der Waals surface area contributed by atoms with Crippen LogP contribution in [0.1, 0.15) is 38.5 Å². The van der Waals surface area contributed by atoms with Crippen LogP contribution in [0, 0.1) is 5.82 Å². The van der Waals surface area contributed by atoms with Gasteiger partial charge in [-0.3, -0.25) is 4.79 Å². The van der Waals surface area contributed by atoms with E-state index in [1.807, 2.05) is 24.3 Å². The van der Waals surface area contributed by atoms with Gasteiger partial charge in [-0.2, -0.15) is 0 Å². The molecule has 1 aliphatic carbocycles. The molecule has 2 aromatic rings. The summed E-state index contributed by atoms with van der Waals surface area (Å²) < 4.78 is 14.5. The second-order valence-electron chi connectivity index (χ2n) is 6.66. The van der Waals surface area contributed by atoms with Gasteiger partial charge in [0, 0.05) is 28.6 Å². The number of hydrogen-bond acceptors (Lipinski definition) is 3. The number of anilines is 1. The van der Waals surface area contributed by atoms with Gasteiger partial charge in [0.05, 0.1) is 0 Å². The van der Waals surface area contributed by atoms with E-state index in [-0.39, 0.29) is 12.2 Å². The molecule has 0 unspecified atom stereocenters. The lowest BCUT2D eigenvalue weighted by Crippen LogP contribution is -2.15. The van der Waals surface area contributed by atoms with Crippen molar-refractivity contribution in [2.24, 2.45) is 0 Å². The van der Waals surface area contributed by atoms with E-state index in [2.05, 4.69) is 11.4 Å². The molecule has 0 heterocycles. The van der Waals surface area contributed by atoms with Gasteiger partial charge in [-0.05, 0) is 48.8 Å². The predicted octanol–water partition coefficient (Wildman–Crippen LogP) is 5.80. The maximum atomic E-state index is 14.5. The second kappa shape index (κ2) is 9.08. The Bertz CT molecular complexity index is 759. The minimum atomic E-state index is -0.812. The van der Waals surface area contributed by atoms with Crippen LogP contribution in [0.2, 0.25) is 0 Å². The Morgan fingerprint density at radius 1 is 1.19 bits per heavy atom. The fourth-order valence-corrected chi connectivity index (χ4v) is 4.21. The standard InChI is InChI=1S/C21H24FNO2S/c22-18-14-15(11-12-20(18)26-13-5-10-21(24)25)17-8-3-4-9-19(17)23-16-6-1-2-7-16/h3-4,8-9,11-12,14,16,23H,1-2,5-7,10,13H2,(H,24,25). The third-order valence-corrected chi connectivity index (χ3v) is 5.81. The molecule has 5 heteroatoms. The van der Waals surface area contributed by atoms with E-state index in [0.29, 0.717) is 23.1 Å². The van der Waals surface area contributed by atoms with Crippen LogP contribution in [0.4, 0.5) is 10.1 Å². The van der Waals surface area contributed by atoms with Crippen LogP contribution < -0.4 is 5.32 Å². The van der Waals surface area contributed by atoms with Crippen molar-refractivity contribution in [2.45, 2.75) is 49.5 Å². The molecule has 1 saturated carbocycles. The first kappa shape index (κ1) is 18.8. The summed E-state index contributed by atoms with van der Waals surface area (Å²) in [5.74, 6) is -0.464. The molecule has 0 amide bonds. The first-order chi connectivity index (χ1) is 12.6. The van der Waals surface area contributed by atoms with Crippen molar-refractivity contribution in [3.63, 3.8) is 0 Å². The summed E-state index contributed by atoms with van der Waals surface area (Å²) in [6.45, 7) is 0.